The second kappa shape index (κ2) is 4.57. The van der Waals surface area contributed by atoms with E-state index in [9.17, 15) is 9.59 Å². The summed E-state index contributed by atoms with van der Waals surface area (Å²) in [6, 6.07) is 5.75. The summed E-state index contributed by atoms with van der Waals surface area (Å²) >= 11 is 0. The minimum Gasteiger partial charge on any atom is -0.324 e. The molecule has 0 aliphatic carbocycles. The molecule has 1 heterocycles. The molecule has 0 unspecified atom stereocenters. The fourth-order valence-corrected chi connectivity index (χ4v) is 2.11. The highest BCUT2D eigenvalue weighted by molar-refractivity contribution is 6.02. The van der Waals surface area contributed by atoms with Crippen LogP contribution in [0.4, 0.5) is 11.4 Å². The molecule has 0 fully saturated rings. The average Bonchev–Trinajstić information content (AvgIpc) is 2.73. The molecule has 1 aliphatic heterocycles. The van der Waals surface area contributed by atoms with Crippen molar-refractivity contribution in [2.45, 2.75) is 26.7 Å². The van der Waals surface area contributed by atoms with Crippen LogP contribution in [0.2, 0.25) is 0 Å². The van der Waals surface area contributed by atoms with Gasteiger partial charge in [-0.2, -0.15) is 0 Å². The predicted molar refractivity (Wildman–Crippen MR) is 67.1 cm³/mol. The number of nitrogens with zero attached hydrogens (tertiary/aromatic N) is 1. The normalized spacial score (nSPS) is 13.4. The molecule has 90 valence electrons. The van der Waals surface area contributed by atoms with E-state index in [0.29, 0.717) is 13.0 Å². The summed E-state index contributed by atoms with van der Waals surface area (Å²) in [5, 5.41) is 2.84. The van der Waals surface area contributed by atoms with Crippen molar-refractivity contribution in [2.24, 2.45) is 0 Å². The van der Waals surface area contributed by atoms with Crippen molar-refractivity contribution in [3.8, 4) is 0 Å². The molecule has 0 saturated heterocycles. The van der Waals surface area contributed by atoms with E-state index in [1.165, 1.54) is 0 Å². The minimum atomic E-state index is -0.0335. The lowest BCUT2D eigenvalue weighted by atomic mass is 10.1. The van der Waals surface area contributed by atoms with Gasteiger partial charge in [0, 0.05) is 19.9 Å². The van der Waals surface area contributed by atoms with Gasteiger partial charge in [0.2, 0.25) is 11.8 Å². The quantitative estimate of drug-likeness (QED) is 0.847. The lowest BCUT2D eigenvalue weighted by molar-refractivity contribution is -0.117. The highest BCUT2D eigenvalue weighted by Crippen LogP contribution is 2.35. The van der Waals surface area contributed by atoms with E-state index in [4.69, 9.17) is 0 Å². The summed E-state index contributed by atoms with van der Waals surface area (Å²) < 4.78 is 0. The van der Waals surface area contributed by atoms with Crippen LogP contribution in [0.3, 0.4) is 0 Å². The van der Waals surface area contributed by atoms with Crippen molar-refractivity contribution in [3.63, 3.8) is 0 Å². The molecule has 0 spiro atoms. The first-order valence-corrected chi connectivity index (χ1v) is 5.83. The first kappa shape index (κ1) is 11.6. The van der Waals surface area contributed by atoms with E-state index >= 15 is 0 Å². The number of amides is 2. The zero-order valence-electron chi connectivity index (χ0n) is 10.1. The van der Waals surface area contributed by atoms with Gasteiger partial charge < -0.3 is 10.2 Å². The van der Waals surface area contributed by atoms with Gasteiger partial charge in [-0.25, -0.2) is 0 Å². The number of fused-ring (bicyclic) bond motifs is 1. The van der Waals surface area contributed by atoms with E-state index in [2.05, 4.69) is 5.32 Å². The Morgan fingerprint density at radius 2 is 2.18 bits per heavy atom. The van der Waals surface area contributed by atoms with Crippen LogP contribution in [0.25, 0.3) is 0 Å². The van der Waals surface area contributed by atoms with E-state index < -0.39 is 0 Å². The molecular weight excluding hydrogens is 216 g/mol. The van der Waals surface area contributed by atoms with Gasteiger partial charge in [0.1, 0.15) is 0 Å². The molecule has 2 rings (SSSR count). The van der Waals surface area contributed by atoms with Crippen molar-refractivity contribution in [3.05, 3.63) is 23.8 Å². The molecule has 0 aromatic heterocycles. The standard InChI is InChI=1S/C13H16N2O2/c1-3-12(17)14-11-6-4-5-10-7-8-15(9(2)16)13(10)11/h4-6H,3,7-8H2,1-2H3,(H,14,17). The van der Waals surface area contributed by atoms with Gasteiger partial charge in [-0.3, -0.25) is 9.59 Å². The van der Waals surface area contributed by atoms with E-state index in [1.807, 2.05) is 18.2 Å². The number of nitrogens with one attached hydrogen (secondary N) is 1. The van der Waals surface area contributed by atoms with Crippen molar-refractivity contribution in [1.29, 1.82) is 0 Å². The largest absolute Gasteiger partial charge is 0.324 e. The maximum Gasteiger partial charge on any atom is 0.224 e. The first-order valence-electron chi connectivity index (χ1n) is 5.83. The van der Waals surface area contributed by atoms with Crippen molar-refractivity contribution in [2.75, 3.05) is 16.8 Å². The van der Waals surface area contributed by atoms with Crippen LogP contribution in [-0.4, -0.2) is 18.4 Å². The molecule has 0 saturated carbocycles. The summed E-state index contributed by atoms with van der Waals surface area (Å²) in [5.41, 5.74) is 2.72. The number of hydrogen-bond donors (Lipinski definition) is 1. The molecule has 4 heteroatoms. The Labute approximate surface area is 101 Å². The van der Waals surface area contributed by atoms with Gasteiger partial charge in [0.15, 0.2) is 0 Å². The Morgan fingerprint density at radius 3 is 2.82 bits per heavy atom. The van der Waals surface area contributed by atoms with E-state index in [0.717, 1.165) is 23.4 Å². The van der Waals surface area contributed by atoms with Crippen LogP contribution in [0, 0.1) is 0 Å². The Bertz CT molecular complexity index is 468. The third-order valence-corrected chi connectivity index (χ3v) is 2.97. The van der Waals surface area contributed by atoms with Crippen LogP contribution in [0.15, 0.2) is 18.2 Å². The fourth-order valence-electron chi connectivity index (χ4n) is 2.11. The monoisotopic (exact) mass is 232 g/mol. The maximum absolute atomic E-state index is 11.5. The van der Waals surface area contributed by atoms with Crippen LogP contribution in [0.1, 0.15) is 25.8 Å². The van der Waals surface area contributed by atoms with Gasteiger partial charge in [-0.15, -0.1) is 0 Å². The van der Waals surface area contributed by atoms with Crippen LogP contribution in [-0.2, 0) is 16.0 Å². The topological polar surface area (TPSA) is 49.4 Å². The summed E-state index contributed by atoms with van der Waals surface area (Å²) in [6.07, 6.45) is 1.29. The molecular formula is C13H16N2O2. The Kier molecular flexibility index (Phi) is 3.13. The molecule has 0 bridgehead atoms. The summed E-state index contributed by atoms with van der Waals surface area (Å²) in [5.74, 6) is -0.0178. The van der Waals surface area contributed by atoms with E-state index in [1.54, 1.807) is 18.7 Å². The predicted octanol–water partition coefficient (Wildman–Crippen LogP) is 1.94. The van der Waals surface area contributed by atoms with Gasteiger partial charge >= 0.3 is 0 Å². The lowest BCUT2D eigenvalue weighted by Gasteiger charge is -2.18. The number of benzene rings is 1. The van der Waals surface area contributed by atoms with E-state index in [-0.39, 0.29) is 11.8 Å². The van der Waals surface area contributed by atoms with Crippen molar-refractivity contribution >= 4 is 23.2 Å². The maximum atomic E-state index is 11.5. The van der Waals surface area contributed by atoms with Gasteiger partial charge in [0.05, 0.1) is 11.4 Å². The number of carbonyl (C=O) groups excluding carboxylic acids is 2. The molecule has 1 aromatic carbocycles. The zero-order chi connectivity index (χ0) is 12.4. The summed E-state index contributed by atoms with van der Waals surface area (Å²) in [6.45, 7) is 4.05. The molecule has 1 aliphatic rings. The molecule has 4 nitrogen and oxygen atoms in total. The van der Waals surface area contributed by atoms with Gasteiger partial charge in [-0.05, 0) is 18.1 Å². The SMILES string of the molecule is CCC(=O)Nc1cccc2c1N(C(C)=O)CC2. The number of carbonyl (C=O) groups is 2. The minimum absolute atomic E-state index is 0.0157. The Morgan fingerprint density at radius 1 is 1.41 bits per heavy atom. The Balaban J connectivity index is 2.38. The Hall–Kier alpha value is -1.84. The van der Waals surface area contributed by atoms with Crippen LogP contribution < -0.4 is 10.2 Å². The highest BCUT2D eigenvalue weighted by Gasteiger charge is 2.25. The first-order chi connectivity index (χ1) is 8.13. The molecule has 17 heavy (non-hydrogen) atoms. The van der Waals surface area contributed by atoms with Gasteiger partial charge in [-0.1, -0.05) is 19.1 Å². The third kappa shape index (κ3) is 2.16. The third-order valence-electron chi connectivity index (χ3n) is 2.97. The summed E-state index contributed by atoms with van der Waals surface area (Å²) in [4.78, 5) is 24.7. The zero-order valence-corrected chi connectivity index (χ0v) is 10.1. The number of hydrogen-bond acceptors (Lipinski definition) is 2. The number of anilines is 2. The molecule has 1 N–H and O–H groups in total. The second-order valence-corrected chi connectivity index (χ2v) is 4.14. The summed E-state index contributed by atoms with van der Waals surface area (Å²) in [7, 11) is 0. The number of para-hydroxylation sites is 1. The van der Waals surface area contributed by atoms with Crippen LogP contribution >= 0.6 is 0 Å². The second-order valence-electron chi connectivity index (χ2n) is 4.14. The van der Waals surface area contributed by atoms with Crippen molar-refractivity contribution in [1.82, 2.24) is 0 Å². The lowest BCUT2D eigenvalue weighted by Crippen LogP contribution is -2.27. The van der Waals surface area contributed by atoms with Crippen molar-refractivity contribution < 1.29 is 9.59 Å². The van der Waals surface area contributed by atoms with Crippen LogP contribution in [0.5, 0.6) is 0 Å². The van der Waals surface area contributed by atoms with Gasteiger partial charge in [0.25, 0.3) is 0 Å². The number of rotatable bonds is 2. The molecule has 1 aromatic rings. The highest BCUT2D eigenvalue weighted by atomic mass is 16.2. The average molecular weight is 232 g/mol. The molecule has 2 amide bonds. The fraction of sp³-hybridized carbons (Fsp3) is 0.385. The molecule has 0 atom stereocenters. The smallest absolute Gasteiger partial charge is 0.224 e. The molecule has 0 radical (unpaired) electrons.